The van der Waals surface area contributed by atoms with Crippen molar-refractivity contribution >= 4 is 77.3 Å². The van der Waals surface area contributed by atoms with E-state index in [9.17, 15) is 4.79 Å². The number of benzene rings is 2. The summed E-state index contributed by atoms with van der Waals surface area (Å²) in [5.74, 6) is -0.302. The highest BCUT2D eigenvalue weighted by Gasteiger charge is 2.14. The maximum atomic E-state index is 12.4. The predicted molar refractivity (Wildman–Crippen MR) is 102 cm³/mol. The summed E-state index contributed by atoms with van der Waals surface area (Å²) in [6, 6.07) is 8.66. The van der Waals surface area contributed by atoms with Crippen LogP contribution in [0.1, 0.15) is 15.4 Å². The van der Waals surface area contributed by atoms with Crippen molar-refractivity contribution in [2.45, 2.75) is 6.92 Å². The van der Waals surface area contributed by atoms with Gasteiger partial charge in [0.2, 0.25) is 0 Å². The minimum Gasteiger partial charge on any atom is -0.298 e. The fourth-order valence-corrected chi connectivity index (χ4v) is 4.77. The van der Waals surface area contributed by atoms with Gasteiger partial charge in [-0.3, -0.25) is 10.1 Å². The molecule has 0 fully saturated rings. The summed E-state index contributed by atoms with van der Waals surface area (Å²) in [5.41, 5.74) is 2.14. The van der Waals surface area contributed by atoms with Crippen LogP contribution < -0.4 is 5.32 Å². The quantitative estimate of drug-likeness (QED) is 0.469. The third kappa shape index (κ3) is 2.86. The van der Waals surface area contributed by atoms with Gasteiger partial charge in [-0.15, -0.1) is 11.3 Å². The molecule has 8 heteroatoms. The maximum absolute atomic E-state index is 12.4. The van der Waals surface area contributed by atoms with E-state index >= 15 is 0 Å². The number of hydrogen-bond acceptors (Lipinski definition) is 5. The van der Waals surface area contributed by atoms with E-state index in [1.54, 1.807) is 29.5 Å². The van der Waals surface area contributed by atoms with E-state index < -0.39 is 0 Å². The molecule has 0 radical (unpaired) electrons. The van der Waals surface area contributed by atoms with Crippen molar-refractivity contribution in [3.63, 3.8) is 0 Å². The Hall–Kier alpha value is -1.73. The summed E-state index contributed by atoms with van der Waals surface area (Å²) in [7, 11) is 0. The zero-order valence-electron chi connectivity index (χ0n) is 12.3. The van der Waals surface area contributed by atoms with Gasteiger partial charge in [0.05, 0.1) is 19.9 Å². The van der Waals surface area contributed by atoms with Crippen LogP contribution in [0, 0.1) is 6.92 Å². The van der Waals surface area contributed by atoms with Gasteiger partial charge in [0, 0.05) is 15.6 Å². The Morgan fingerprint density at radius 1 is 1.08 bits per heavy atom. The van der Waals surface area contributed by atoms with Crippen molar-refractivity contribution in [3.05, 3.63) is 50.9 Å². The monoisotopic (exact) mass is 393 g/mol. The van der Waals surface area contributed by atoms with Crippen molar-refractivity contribution in [2.24, 2.45) is 0 Å². The number of carbonyl (C=O) groups excluding carboxylic acids is 1. The largest absolute Gasteiger partial charge is 0.298 e. The highest BCUT2D eigenvalue weighted by atomic mass is 35.5. The molecule has 0 unspecified atom stereocenters. The average Bonchev–Trinajstić information content (AvgIpc) is 3.07. The third-order valence-corrected chi connectivity index (χ3v) is 5.73. The van der Waals surface area contributed by atoms with Gasteiger partial charge < -0.3 is 0 Å². The summed E-state index contributed by atoms with van der Waals surface area (Å²) in [6.45, 7) is 1.98. The van der Waals surface area contributed by atoms with Gasteiger partial charge in [0.25, 0.3) is 5.91 Å². The minimum absolute atomic E-state index is 0.302. The molecule has 2 aromatic carbocycles. The number of fused-ring (bicyclic) bond motifs is 3. The van der Waals surface area contributed by atoms with E-state index in [1.165, 1.54) is 11.3 Å². The number of aromatic nitrogens is 2. The molecule has 2 aromatic heterocycles. The van der Waals surface area contributed by atoms with Crippen molar-refractivity contribution in [1.29, 1.82) is 0 Å². The van der Waals surface area contributed by atoms with E-state index in [-0.39, 0.29) is 5.91 Å². The Morgan fingerprint density at radius 3 is 2.58 bits per heavy atom. The molecule has 0 saturated carbocycles. The standard InChI is InChI=1S/C16H9Cl2N3OS2/c1-7-19-13-12(23-7)3-2-11-14(13)24-16(20-11)21-15(22)8-4-9(17)6-10(18)5-8/h2-6H,1H3,(H,20,21,22). The first-order chi connectivity index (χ1) is 11.5. The molecule has 0 bridgehead atoms. The molecule has 4 aromatic rings. The van der Waals surface area contributed by atoms with Crippen LogP contribution in [0.25, 0.3) is 20.4 Å². The summed E-state index contributed by atoms with van der Waals surface area (Å²) < 4.78 is 2.08. The number of carbonyl (C=O) groups is 1. The number of nitrogens with zero attached hydrogens (tertiary/aromatic N) is 2. The molecule has 0 saturated heterocycles. The number of anilines is 1. The van der Waals surface area contributed by atoms with Crippen LogP contribution in [0.5, 0.6) is 0 Å². The lowest BCUT2D eigenvalue weighted by atomic mass is 10.2. The van der Waals surface area contributed by atoms with Crippen molar-refractivity contribution in [1.82, 2.24) is 9.97 Å². The molecule has 0 aliphatic rings. The van der Waals surface area contributed by atoms with Crippen molar-refractivity contribution in [3.8, 4) is 0 Å². The Balaban J connectivity index is 1.71. The number of nitrogens with one attached hydrogen (secondary N) is 1. The van der Waals surface area contributed by atoms with E-state index in [0.29, 0.717) is 20.7 Å². The average molecular weight is 394 g/mol. The lowest BCUT2D eigenvalue weighted by Gasteiger charge is -2.02. The summed E-state index contributed by atoms with van der Waals surface area (Å²) in [6.07, 6.45) is 0. The molecule has 0 aliphatic carbocycles. The van der Waals surface area contributed by atoms with Crippen molar-refractivity contribution < 1.29 is 4.79 Å². The second-order valence-corrected chi connectivity index (χ2v) is 8.23. The van der Waals surface area contributed by atoms with Crippen molar-refractivity contribution in [2.75, 3.05) is 5.32 Å². The normalized spacial score (nSPS) is 11.3. The van der Waals surface area contributed by atoms with E-state index in [0.717, 1.165) is 25.4 Å². The van der Waals surface area contributed by atoms with Gasteiger partial charge >= 0.3 is 0 Å². The second-order valence-electron chi connectivity index (χ2n) is 5.12. The SMILES string of the molecule is Cc1nc2c(ccc3nc(NC(=O)c4cc(Cl)cc(Cl)c4)sc32)s1. The molecular weight excluding hydrogens is 385 g/mol. The van der Waals surface area contributed by atoms with Crippen LogP contribution in [-0.2, 0) is 0 Å². The molecule has 2 heterocycles. The van der Waals surface area contributed by atoms with Crippen LogP contribution in [0.15, 0.2) is 30.3 Å². The molecule has 4 nitrogen and oxygen atoms in total. The van der Waals surface area contributed by atoms with Gasteiger partial charge in [-0.25, -0.2) is 9.97 Å². The highest BCUT2D eigenvalue weighted by Crippen LogP contribution is 2.34. The summed E-state index contributed by atoms with van der Waals surface area (Å²) in [4.78, 5) is 21.4. The molecule has 1 N–H and O–H groups in total. The Labute approximate surface area is 155 Å². The fraction of sp³-hybridized carbons (Fsp3) is 0.0625. The smallest absolute Gasteiger partial charge is 0.257 e. The maximum Gasteiger partial charge on any atom is 0.257 e. The molecule has 0 aliphatic heterocycles. The number of halogens is 2. The molecule has 120 valence electrons. The van der Waals surface area contributed by atoms with Gasteiger partial charge in [-0.1, -0.05) is 34.5 Å². The molecule has 24 heavy (non-hydrogen) atoms. The van der Waals surface area contributed by atoms with Crippen LogP contribution in [0.2, 0.25) is 10.0 Å². The lowest BCUT2D eigenvalue weighted by Crippen LogP contribution is -2.11. The second kappa shape index (κ2) is 5.97. The molecule has 4 rings (SSSR count). The number of thiazole rings is 2. The van der Waals surface area contributed by atoms with Crippen LogP contribution >= 0.6 is 45.9 Å². The van der Waals surface area contributed by atoms with Gasteiger partial charge in [0.1, 0.15) is 5.52 Å². The summed E-state index contributed by atoms with van der Waals surface area (Å²) in [5, 5.41) is 5.15. The lowest BCUT2D eigenvalue weighted by molar-refractivity contribution is 0.102. The minimum atomic E-state index is -0.302. The Morgan fingerprint density at radius 2 is 1.83 bits per heavy atom. The zero-order chi connectivity index (χ0) is 16.8. The molecule has 0 atom stereocenters. The predicted octanol–water partition coefficient (Wildman–Crippen LogP) is 5.77. The van der Waals surface area contributed by atoms with E-state index in [1.807, 2.05) is 19.1 Å². The Kier molecular flexibility index (Phi) is 3.92. The highest BCUT2D eigenvalue weighted by molar-refractivity contribution is 7.24. The number of amides is 1. The first-order valence-electron chi connectivity index (χ1n) is 6.94. The van der Waals surface area contributed by atoms with Crippen LogP contribution in [0.4, 0.5) is 5.13 Å². The first-order valence-corrected chi connectivity index (χ1v) is 9.32. The molecule has 1 amide bonds. The number of aryl methyl sites for hydroxylation is 1. The van der Waals surface area contributed by atoms with Gasteiger partial charge in [0.15, 0.2) is 5.13 Å². The topological polar surface area (TPSA) is 54.9 Å². The van der Waals surface area contributed by atoms with Gasteiger partial charge in [-0.05, 0) is 37.3 Å². The summed E-state index contributed by atoms with van der Waals surface area (Å²) >= 11 is 14.9. The van der Waals surface area contributed by atoms with E-state index in [4.69, 9.17) is 23.2 Å². The zero-order valence-corrected chi connectivity index (χ0v) is 15.4. The Bertz CT molecular complexity index is 1080. The number of hydrogen-bond donors (Lipinski definition) is 1. The molecular formula is C16H9Cl2N3OS2. The number of rotatable bonds is 2. The van der Waals surface area contributed by atoms with Gasteiger partial charge in [-0.2, -0.15) is 0 Å². The first kappa shape index (κ1) is 15.8. The molecule has 0 spiro atoms. The fourth-order valence-electron chi connectivity index (χ4n) is 2.40. The van der Waals surface area contributed by atoms with Crippen LogP contribution in [-0.4, -0.2) is 15.9 Å². The third-order valence-electron chi connectivity index (χ3n) is 3.37. The van der Waals surface area contributed by atoms with Crippen LogP contribution in [0.3, 0.4) is 0 Å². The van der Waals surface area contributed by atoms with E-state index in [2.05, 4.69) is 15.3 Å².